The summed E-state index contributed by atoms with van der Waals surface area (Å²) in [6.45, 7) is 3.48. The smallest absolute Gasteiger partial charge is 0.338 e. The summed E-state index contributed by atoms with van der Waals surface area (Å²) in [7, 11) is 2.62. The van der Waals surface area contributed by atoms with Crippen molar-refractivity contribution in [2.45, 2.75) is 13.8 Å². The number of halogens is 1. The number of ether oxygens (including phenoxy) is 2. The van der Waals surface area contributed by atoms with Crippen LogP contribution in [0.25, 0.3) is 0 Å². The summed E-state index contributed by atoms with van der Waals surface area (Å²) in [5.74, 6) is -0.857. The normalized spacial score (nSPS) is 9.28. The Labute approximate surface area is 150 Å². The Bertz CT molecular complexity index is 811. The molecule has 0 aliphatic rings. The molecule has 0 saturated carbocycles. The molecule has 0 saturated heterocycles. The van der Waals surface area contributed by atoms with Gasteiger partial charge < -0.3 is 9.47 Å². The average Bonchev–Trinajstić information content (AvgIpc) is 2.59. The summed E-state index contributed by atoms with van der Waals surface area (Å²) >= 11 is 5.63. The molecule has 0 spiro atoms. The molecule has 0 aromatic carbocycles. The maximum Gasteiger partial charge on any atom is 0.338 e. The van der Waals surface area contributed by atoms with Gasteiger partial charge in [0.1, 0.15) is 16.9 Å². The monoisotopic (exact) mass is 361 g/mol. The van der Waals surface area contributed by atoms with Crippen LogP contribution in [-0.2, 0) is 9.47 Å². The second-order valence-corrected chi connectivity index (χ2v) is 5.18. The molecular formula is C17H16ClN3O4. The van der Waals surface area contributed by atoms with Gasteiger partial charge in [-0.3, -0.25) is 0 Å². The topological polar surface area (TPSA) is 102 Å². The molecule has 7 nitrogen and oxygen atoms in total. The van der Waals surface area contributed by atoms with Crippen LogP contribution in [0.3, 0.4) is 0 Å². The quantitative estimate of drug-likeness (QED) is 0.598. The Morgan fingerprint density at radius 1 is 0.960 bits per heavy atom. The molecule has 130 valence electrons. The van der Waals surface area contributed by atoms with Gasteiger partial charge in [0.05, 0.1) is 25.3 Å². The SMILES string of the molecule is COC(=O)c1cc(C)nc(C#N)c1.COC(=O)c1cc(C)nc(Cl)c1. The van der Waals surface area contributed by atoms with E-state index < -0.39 is 11.9 Å². The van der Waals surface area contributed by atoms with Crippen molar-refractivity contribution in [1.29, 1.82) is 5.26 Å². The average molecular weight is 362 g/mol. The van der Waals surface area contributed by atoms with Crippen molar-refractivity contribution < 1.29 is 19.1 Å². The number of hydrogen-bond donors (Lipinski definition) is 0. The third kappa shape index (κ3) is 6.20. The number of nitrogens with zero attached hydrogens (tertiary/aromatic N) is 3. The molecule has 25 heavy (non-hydrogen) atoms. The van der Waals surface area contributed by atoms with Crippen molar-refractivity contribution in [2.24, 2.45) is 0 Å². The van der Waals surface area contributed by atoms with Crippen LogP contribution < -0.4 is 0 Å². The van der Waals surface area contributed by atoms with Crippen molar-refractivity contribution in [2.75, 3.05) is 14.2 Å². The van der Waals surface area contributed by atoms with Gasteiger partial charge in [0.25, 0.3) is 0 Å². The second kappa shape index (κ2) is 9.35. The molecule has 2 aromatic heterocycles. The Morgan fingerprint density at radius 3 is 1.88 bits per heavy atom. The summed E-state index contributed by atoms with van der Waals surface area (Å²) in [4.78, 5) is 29.9. The third-order valence-corrected chi connectivity index (χ3v) is 3.03. The Hall–Kier alpha value is -2.98. The Balaban J connectivity index is 0.000000251. The molecule has 2 heterocycles. The molecule has 0 radical (unpaired) electrons. The minimum absolute atomic E-state index is 0.223. The van der Waals surface area contributed by atoms with Crippen molar-refractivity contribution in [3.05, 3.63) is 57.6 Å². The number of rotatable bonds is 2. The number of carbonyl (C=O) groups is 2. The van der Waals surface area contributed by atoms with Gasteiger partial charge in [-0.15, -0.1) is 0 Å². The van der Waals surface area contributed by atoms with Crippen LogP contribution in [0.2, 0.25) is 5.15 Å². The highest BCUT2D eigenvalue weighted by Crippen LogP contribution is 2.10. The van der Waals surface area contributed by atoms with E-state index in [-0.39, 0.29) is 5.69 Å². The van der Waals surface area contributed by atoms with Crippen LogP contribution >= 0.6 is 11.6 Å². The minimum Gasteiger partial charge on any atom is -0.465 e. The first kappa shape index (κ1) is 20.1. The van der Waals surface area contributed by atoms with Gasteiger partial charge in [-0.1, -0.05) is 11.6 Å². The number of aromatic nitrogens is 2. The lowest BCUT2D eigenvalue weighted by Gasteiger charge is -2.00. The summed E-state index contributed by atoms with van der Waals surface area (Å²) in [5.41, 5.74) is 2.32. The molecule has 0 amide bonds. The summed E-state index contributed by atoms with van der Waals surface area (Å²) in [6, 6.07) is 7.94. The number of carbonyl (C=O) groups excluding carboxylic acids is 2. The molecule has 0 bridgehead atoms. The van der Waals surface area contributed by atoms with Gasteiger partial charge in [0, 0.05) is 11.4 Å². The zero-order valence-corrected chi connectivity index (χ0v) is 14.9. The molecule has 2 aromatic rings. The molecule has 0 aliphatic carbocycles. The predicted molar refractivity (Wildman–Crippen MR) is 90.4 cm³/mol. The fourth-order valence-electron chi connectivity index (χ4n) is 1.83. The van der Waals surface area contributed by atoms with Gasteiger partial charge in [-0.25, -0.2) is 19.6 Å². The zero-order valence-electron chi connectivity index (χ0n) is 14.2. The summed E-state index contributed by atoms with van der Waals surface area (Å²) in [6.07, 6.45) is 0. The fourth-order valence-corrected chi connectivity index (χ4v) is 2.08. The van der Waals surface area contributed by atoms with E-state index in [1.165, 1.54) is 26.4 Å². The standard InChI is InChI=1S/C9H8N2O2.C8H8ClNO2/c1-6-3-7(9(12)13-2)4-8(5-10)11-6;1-5-3-6(8(11)12-2)4-7(9)10-5/h3-4H,1-2H3;3-4H,1-2H3. The lowest BCUT2D eigenvalue weighted by molar-refractivity contribution is 0.0591. The van der Waals surface area contributed by atoms with Crippen LogP contribution in [0, 0.1) is 25.2 Å². The number of methoxy groups -OCH3 is 2. The van der Waals surface area contributed by atoms with E-state index >= 15 is 0 Å². The van der Waals surface area contributed by atoms with E-state index in [4.69, 9.17) is 16.9 Å². The van der Waals surface area contributed by atoms with E-state index in [1.54, 1.807) is 26.0 Å². The Morgan fingerprint density at radius 2 is 1.44 bits per heavy atom. The van der Waals surface area contributed by atoms with E-state index in [1.807, 2.05) is 6.07 Å². The maximum atomic E-state index is 11.1. The molecule has 0 unspecified atom stereocenters. The first-order valence-corrected chi connectivity index (χ1v) is 7.38. The minimum atomic E-state index is -0.456. The Kier molecular flexibility index (Phi) is 7.50. The molecule has 0 N–H and O–H groups in total. The lowest BCUT2D eigenvalue weighted by Crippen LogP contribution is -2.03. The number of nitriles is 1. The van der Waals surface area contributed by atoms with E-state index in [9.17, 15) is 9.59 Å². The number of hydrogen-bond acceptors (Lipinski definition) is 7. The van der Waals surface area contributed by atoms with Gasteiger partial charge in [0.2, 0.25) is 0 Å². The zero-order chi connectivity index (χ0) is 19.0. The molecule has 0 aliphatic heterocycles. The fraction of sp³-hybridized carbons (Fsp3) is 0.235. The highest BCUT2D eigenvalue weighted by molar-refractivity contribution is 6.29. The molecule has 0 atom stereocenters. The van der Waals surface area contributed by atoms with Gasteiger partial charge in [-0.05, 0) is 38.1 Å². The number of aryl methyl sites for hydroxylation is 2. The largest absolute Gasteiger partial charge is 0.465 e. The van der Waals surface area contributed by atoms with Crippen LogP contribution in [0.15, 0.2) is 24.3 Å². The lowest BCUT2D eigenvalue weighted by atomic mass is 10.2. The first-order chi connectivity index (χ1) is 11.8. The van der Waals surface area contributed by atoms with Crippen molar-refractivity contribution in [3.8, 4) is 6.07 Å². The molecular weight excluding hydrogens is 346 g/mol. The number of esters is 2. The predicted octanol–water partition coefficient (Wildman–Crippen LogP) is 2.88. The highest BCUT2D eigenvalue weighted by Gasteiger charge is 2.08. The van der Waals surface area contributed by atoms with Gasteiger partial charge in [-0.2, -0.15) is 5.26 Å². The van der Waals surface area contributed by atoms with Crippen molar-refractivity contribution in [3.63, 3.8) is 0 Å². The van der Waals surface area contributed by atoms with Crippen LogP contribution in [0.4, 0.5) is 0 Å². The second-order valence-electron chi connectivity index (χ2n) is 4.80. The van der Waals surface area contributed by atoms with Crippen LogP contribution in [0.1, 0.15) is 37.8 Å². The first-order valence-electron chi connectivity index (χ1n) is 7.00. The van der Waals surface area contributed by atoms with E-state index in [0.29, 0.717) is 27.7 Å². The molecule has 0 fully saturated rings. The van der Waals surface area contributed by atoms with Gasteiger partial charge in [0.15, 0.2) is 0 Å². The van der Waals surface area contributed by atoms with Crippen molar-refractivity contribution in [1.82, 2.24) is 9.97 Å². The third-order valence-electron chi connectivity index (χ3n) is 2.83. The van der Waals surface area contributed by atoms with Gasteiger partial charge >= 0.3 is 11.9 Å². The molecule has 2 rings (SSSR count). The van der Waals surface area contributed by atoms with E-state index in [0.717, 1.165) is 0 Å². The van der Waals surface area contributed by atoms with Crippen LogP contribution in [0.5, 0.6) is 0 Å². The van der Waals surface area contributed by atoms with Crippen LogP contribution in [-0.4, -0.2) is 36.1 Å². The number of pyridine rings is 2. The maximum absolute atomic E-state index is 11.1. The highest BCUT2D eigenvalue weighted by atomic mass is 35.5. The van der Waals surface area contributed by atoms with E-state index in [2.05, 4.69) is 19.4 Å². The summed E-state index contributed by atoms with van der Waals surface area (Å²) in [5, 5.41) is 8.88. The van der Waals surface area contributed by atoms with Crippen molar-refractivity contribution >= 4 is 23.5 Å². The summed E-state index contributed by atoms with van der Waals surface area (Å²) < 4.78 is 9.04. The molecule has 8 heteroatoms.